The van der Waals surface area contributed by atoms with Crippen molar-refractivity contribution in [3.8, 4) is 0 Å². The molecule has 0 aliphatic carbocycles. The van der Waals surface area contributed by atoms with Crippen LogP contribution in [0.4, 0.5) is 13.2 Å². The molecule has 1 aromatic rings. The Hall–Kier alpha value is -1.47. The second kappa shape index (κ2) is 7.35. The van der Waals surface area contributed by atoms with Crippen LogP contribution in [0, 0.1) is 0 Å². The number of aromatic nitrogens is 1. The van der Waals surface area contributed by atoms with Crippen LogP contribution in [-0.4, -0.2) is 24.9 Å². The van der Waals surface area contributed by atoms with E-state index in [0.717, 1.165) is 11.0 Å². The normalized spacial score (nSPS) is 14.8. The molecule has 3 nitrogen and oxygen atoms in total. The van der Waals surface area contributed by atoms with Gasteiger partial charge in [0.1, 0.15) is 5.01 Å². The van der Waals surface area contributed by atoms with Crippen LogP contribution in [-0.2, 0) is 0 Å². The van der Waals surface area contributed by atoms with E-state index in [4.69, 9.17) is 0 Å². The fourth-order valence-electron chi connectivity index (χ4n) is 1.35. The first-order valence-corrected chi connectivity index (χ1v) is 6.71. The van der Waals surface area contributed by atoms with Gasteiger partial charge in [0.05, 0.1) is 6.42 Å². The Kier molecular flexibility index (Phi) is 6.09. The molecule has 110 valence electrons. The first-order valence-electron chi connectivity index (χ1n) is 5.90. The van der Waals surface area contributed by atoms with Crippen molar-refractivity contribution in [2.75, 3.05) is 7.05 Å². The number of thiazole rings is 1. The number of aliphatic imine (C=N–C) groups is 1. The average Bonchev–Trinajstić information content (AvgIpc) is 2.85. The van der Waals surface area contributed by atoms with E-state index in [1.54, 1.807) is 6.20 Å². The van der Waals surface area contributed by atoms with E-state index in [2.05, 4.69) is 22.0 Å². The Morgan fingerprint density at radius 2 is 2.30 bits per heavy atom. The maximum atomic E-state index is 12.1. The predicted molar refractivity (Wildman–Crippen MR) is 76.9 cm³/mol. The lowest BCUT2D eigenvalue weighted by atomic mass is 10.2. The predicted octanol–water partition coefficient (Wildman–Crippen LogP) is 3.97. The van der Waals surface area contributed by atoms with Crippen LogP contribution in [0.2, 0.25) is 0 Å². The third kappa shape index (κ3) is 5.26. The fraction of sp³-hybridized carbons (Fsp3) is 0.385. The number of hydrogen-bond acceptors (Lipinski definition) is 4. The zero-order chi connectivity index (χ0) is 15.2. The van der Waals surface area contributed by atoms with Gasteiger partial charge in [0.25, 0.3) is 0 Å². The summed E-state index contributed by atoms with van der Waals surface area (Å²) < 4.78 is 36.4. The highest BCUT2D eigenvalue weighted by molar-refractivity contribution is 7.12. The summed E-state index contributed by atoms with van der Waals surface area (Å²) in [6, 6.07) is 0.137. The smallest absolute Gasteiger partial charge is 0.312 e. The van der Waals surface area contributed by atoms with Crippen molar-refractivity contribution >= 4 is 23.6 Å². The fourth-order valence-corrected chi connectivity index (χ4v) is 2.32. The van der Waals surface area contributed by atoms with E-state index in [1.165, 1.54) is 23.6 Å². The van der Waals surface area contributed by atoms with Crippen LogP contribution in [0.5, 0.6) is 0 Å². The molecule has 1 N–H and O–H groups in total. The van der Waals surface area contributed by atoms with Gasteiger partial charge < -0.3 is 5.32 Å². The number of halogens is 3. The maximum absolute atomic E-state index is 12.1. The number of rotatable bonds is 6. The van der Waals surface area contributed by atoms with Crippen molar-refractivity contribution in [1.29, 1.82) is 0 Å². The van der Waals surface area contributed by atoms with Gasteiger partial charge in [-0.25, -0.2) is 4.98 Å². The molecule has 0 bridgehead atoms. The van der Waals surface area contributed by atoms with Gasteiger partial charge in [0.15, 0.2) is 0 Å². The van der Waals surface area contributed by atoms with E-state index in [9.17, 15) is 13.2 Å². The van der Waals surface area contributed by atoms with Crippen molar-refractivity contribution in [2.45, 2.75) is 25.6 Å². The molecule has 0 amide bonds. The van der Waals surface area contributed by atoms with Gasteiger partial charge in [-0.15, -0.1) is 11.3 Å². The molecule has 7 heteroatoms. The molecular weight excluding hydrogens is 287 g/mol. The van der Waals surface area contributed by atoms with Crippen molar-refractivity contribution in [2.24, 2.45) is 4.99 Å². The van der Waals surface area contributed by atoms with Gasteiger partial charge in [0, 0.05) is 28.9 Å². The molecule has 1 heterocycles. The molecule has 0 aliphatic heterocycles. The minimum atomic E-state index is -4.21. The van der Waals surface area contributed by atoms with Crippen LogP contribution in [0.3, 0.4) is 0 Å². The highest BCUT2D eigenvalue weighted by Gasteiger charge is 2.24. The Morgan fingerprint density at radius 1 is 1.60 bits per heavy atom. The Morgan fingerprint density at radius 3 is 2.85 bits per heavy atom. The second-order valence-electron chi connectivity index (χ2n) is 4.07. The van der Waals surface area contributed by atoms with Gasteiger partial charge in [-0.05, 0) is 20.7 Å². The van der Waals surface area contributed by atoms with Crippen LogP contribution in [0.25, 0.3) is 5.57 Å². The summed E-state index contributed by atoms with van der Waals surface area (Å²) in [6.07, 6.45) is 0.341. The first kappa shape index (κ1) is 16.6. The molecule has 0 spiro atoms. The van der Waals surface area contributed by atoms with Crippen molar-refractivity contribution in [3.05, 3.63) is 34.4 Å². The van der Waals surface area contributed by atoms with Crippen LogP contribution < -0.4 is 5.32 Å². The molecule has 20 heavy (non-hydrogen) atoms. The maximum Gasteiger partial charge on any atom is 0.392 e. The Labute approximate surface area is 120 Å². The summed E-state index contributed by atoms with van der Waals surface area (Å²) in [5.41, 5.74) is 0.517. The van der Waals surface area contributed by atoms with E-state index < -0.39 is 12.6 Å². The molecule has 0 aliphatic rings. The lowest BCUT2D eigenvalue weighted by molar-refractivity contribution is -0.125. The van der Waals surface area contributed by atoms with Crippen LogP contribution in [0.15, 0.2) is 29.5 Å². The molecule has 1 rings (SSSR count). The molecule has 1 unspecified atom stereocenters. The quantitative estimate of drug-likeness (QED) is 0.637. The zero-order valence-electron chi connectivity index (χ0n) is 11.2. The monoisotopic (exact) mass is 303 g/mol. The lowest BCUT2D eigenvalue weighted by Crippen LogP contribution is -2.10. The molecule has 1 aromatic heterocycles. The summed E-state index contributed by atoms with van der Waals surface area (Å²) in [7, 11) is 1.83. The molecule has 0 saturated carbocycles. The molecular formula is C13H16F3N3S. The van der Waals surface area contributed by atoms with Gasteiger partial charge in [-0.3, -0.25) is 4.99 Å². The molecule has 1 atom stereocenters. The van der Waals surface area contributed by atoms with E-state index in [0.29, 0.717) is 10.6 Å². The van der Waals surface area contributed by atoms with Crippen LogP contribution >= 0.6 is 11.3 Å². The number of nitrogens with zero attached hydrogens (tertiary/aromatic N) is 2. The lowest BCUT2D eigenvalue weighted by Gasteiger charge is -2.04. The van der Waals surface area contributed by atoms with Gasteiger partial charge in [-0.2, -0.15) is 13.2 Å². The minimum Gasteiger partial charge on any atom is -0.312 e. The van der Waals surface area contributed by atoms with Crippen molar-refractivity contribution < 1.29 is 13.2 Å². The van der Waals surface area contributed by atoms with Gasteiger partial charge in [0.2, 0.25) is 0 Å². The SMILES string of the molecule is C=N/C=C(\C=C/CC(F)(F)F)c1ncc(C(C)NC)s1. The standard InChI is InChI=1S/C13H16F3N3S/c1-9(18-3)11-8-19-12(20-11)10(7-17-2)5-4-6-13(14,15)16/h4-5,7-9,18H,2,6H2,1,3H3/b5-4-,10-7+. The van der Waals surface area contributed by atoms with E-state index in [-0.39, 0.29) is 6.04 Å². The highest BCUT2D eigenvalue weighted by Crippen LogP contribution is 2.27. The van der Waals surface area contributed by atoms with E-state index in [1.807, 2.05) is 14.0 Å². The Bertz CT molecular complexity index is 503. The first-order chi connectivity index (χ1) is 9.37. The summed E-state index contributed by atoms with van der Waals surface area (Å²) in [5, 5.41) is 3.70. The van der Waals surface area contributed by atoms with Crippen LogP contribution in [0.1, 0.15) is 29.3 Å². The third-order valence-corrected chi connectivity index (χ3v) is 3.74. The summed E-state index contributed by atoms with van der Waals surface area (Å²) in [6.45, 7) is 5.30. The summed E-state index contributed by atoms with van der Waals surface area (Å²) in [4.78, 5) is 8.82. The average molecular weight is 303 g/mol. The van der Waals surface area contributed by atoms with Gasteiger partial charge in [-0.1, -0.05) is 12.2 Å². The molecule has 0 fully saturated rings. The number of hydrogen-bond donors (Lipinski definition) is 1. The number of allylic oxidation sites excluding steroid dienone is 3. The zero-order valence-corrected chi connectivity index (χ0v) is 12.1. The Balaban J connectivity index is 2.89. The molecule has 0 saturated heterocycles. The van der Waals surface area contributed by atoms with Crippen molar-refractivity contribution in [3.63, 3.8) is 0 Å². The third-order valence-electron chi connectivity index (χ3n) is 2.51. The largest absolute Gasteiger partial charge is 0.392 e. The topological polar surface area (TPSA) is 37.3 Å². The highest BCUT2D eigenvalue weighted by atomic mass is 32.1. The van der Waals surface area contributed by atoms with Crippen molar-refractivity contribution in [1.82, 2.24) is 10.3 Å². The second-order valence-corrected chi connectivity index (χ2v) is 5.13. The summed E-state index contributed by atoms with van der Waals surface area (Å²) in [5.74, 6) is 0. The number of alkyl halides is 3. The number of nitrogens with one attached hydrogen (secondary N) is 1. The van der Waals surface area contributed by atoms with Gasteiger partial charge >= 0.3 is 6.18 Å². The minimum absolute atomic E-state index is 0.137. The molecule has 0 aromatic carbocycles. The summed E-state index contributed by atoms with van der Waals surface area (Å²) >= 11 is 1.41. The molecule has 0 radical (unpaired) electrons. The van der Waals surface area contributed by atoms with E-state index >= 15 is 0 Å².